The number of benzene rings is 2. The molecular formula is C35H44F2N8O6P2. The third-order valence-corrected chi connectivity index (χ3v) is 10.4. The topological polar surface area (TPSA) is 239 Å². The minimum Gasteiger partial charge on any atom is -0.395 e. The van der Waals surface area contributed by atoms with Crippen LogP contribution in [0.3, 0.4) is 0 Å². The van der Waals surface area contributed by atoms with E-state index in [0.717, 1.165) is 6.16 Å². The average molecular weight is 773 g/mol. The number of hydrogen-bond donors (Lipinski definition) is 7. The van der Waals surface area contributed by atoms with Crippen LogP contribution in [0, 0.1) is 11.6 Å². The fourth-order valence-electron chi connectivity index (χ4n) is 5.25. The summed E-state index contributed by atoms with van der Waals surface area (Å²) in [5, 5.41) is 9.65. The molecule has 0 saturated heterocycles. The number of aliphatic hydroxyl groups is 1. The molecule has 18 heteroatoms. The molecule has 4 heterocycles. The summed E-state index contributed by atoms with van der Waals surface area (Å²) in [7, 11) is -4.03. The standard InChI is InChI=1S/C17H20FN4O3P.C14H13FN4O2.C4H11OP/c1-26(2,24)9-25-8-12(10-5-3-4-6-13(10)18)11-7-20-15-14(11)21-17(19)22-16(15)23;15-10-4-2-1-3-7(10)9(6-20)8-5-17-12-11(8)18-14(16)19-13(12)21;1-4-6(2,3)5/h3-7,12,20H,8-9H2,1-2H3,(H3,19,21,22,23);1-5,9,17,20H,6H2,(H3,16,18,19,21);4H2,1-3H3/t12-;9-;/m00./s1. The number of aromatic nitrogens is 6. The van der Waals surface area contributed by atoms with Crippen LogP contribution in [-0.4, -0.2) is 87.4 Å². The van der Waals surface area contributed by atoms with Crippen molar-refractivity contribution in [3.8, 4) is 0 Å². The molecular weight excluding hydrogens is 728 g/mol. The molecule has 0 aliphatic heterocycles. The second kappa shape index (κ2) is 17.3. The highest BCUT2D eigenvalue weighted by molar-refractivity contribution is 7.62. The summed E-state index contributed by atoms with van der Waals surface area (Å²) >= 11 is 0. The number of aromatic amines is 4. The minimum atomic E-state index is -2.38. The molecule has 2 aromatic carbocycles. The number of halogens is 2. The lowest BCUT2D eigenvalue weighted by atomic mass is 9.92. The molecule has 6 aromatic rings. The van der Waals surface area contributed by atoms with Gasteiger partial charge in [0.05, 0.1) is 26.7 Å². The van der Waals surface area contributed by atoms with E-state index in [1.807, 2.05) is 6.92 Å². The van der Waals surface area contributed by atoms with E-state index in [1.165, 1.54) is 12.1 Å². The highest BCUT2D eigenvalue weighted by Crippen LogP contribution is 2.37. The van der Waals surface area contributed by atoms with Gasteiger partial charge < -0.3 is 40.4 Å². The number of fused-ring (bicyclic) bond motifs is 2. The third kappa shape index (κ3) is 10.6. The predicted molar refractivity (Wildman–Crippen MR) is 206 cm³/mol. The first-order chi connectivity index (χ1) is 24.9. The number of rotatable bonds is 10. The number of ether oxygens (including phenoxy) is 1. The van der Waals surface area contributed by atoms with Crippen molar-refractivity contribution in [1.29, 1.82) is 0 Å². The van der Waals surface area contributed by atoms with Crippen molar-refractivity contribution in [2.75, 3.05) is 63.9 Å². The summed E-state index contributed by atoms with van der Waals surface area (Å²) in [6.45, 7) is 8.56. The van der Waals surface area contributed by atoms with E-state index in [0.29, 0.717) is 33.3 Å². The summed E-state index contributed by atoms with van der Waals surface area (Å²) in [5.74, 6) is -2.05. The quantitative estimate of drug-likeness (QED) is 0.0872. The van der Waals surface area contributed by atoms with Crippen LogP contribution in [0.5, 0.6) is 0 Å². The van der Waals surface area contributed by atoms with Crippen molar-refractivity contribution in [3.63, 3.8) is 0 Å². The van der Waals surface area contributed by atoms with E-state index in [-0.39, 0.29) is 42.5 Å². The molecule has 0 aliphatic carbocycles. The molecule has 0 radical (unpaired) electrons. The van der Waals surface area contributed by atoms with Crippen molar-refractivity contribution < 1.29 is 27.8 Å². The van der Waals surface area contributed by atoms with Crippen LogP contribution in [0.4, 0.5) is 20.7 Å². The number of aliphatic hydroxyl groups excluding tert-OH is 1. The summed E-state index contributed by atoms with van der Waals surface area (Å²) < 4.78 is 56.5. The lowest BCUT2D eigenvalue weighted by molar-refractivity contribution is 0.167. The van der Waals surface area contributed by atoms with Gasteiger partial charge in [-0.25, -0.2) is 18.7 Å². The van der Waals surface area contributed by atoms with Crippen LogP contribution < -0.4 is 22.6 Å². The van der Waals surface area contributed by atoms with Gasteiger partial charge in [0, 0.05) is 35.4 Å². The zero-order chi connectivity index (χ0) is 39.1. The molecule has 0 aliphatic rings. The van der Waals surface area contributed by atoms with Crippen LogP contribution in [0.2, 0.25) is 0 Å². The summed E-state index contributed by atoms with van der Waals surface area (Å²) in [5.41, 5.74) is 13.4. The first kappa shape index (κ1) is 40.9. The maximum Gasteiger partial charge on any atom is 0.276 e. The van der Waals surface area contributed by atoms with E-state index >= 15 is 0 Å². The Bertz CT molecular complexity index is 2400. The van der Waals surface area contributed by atoms with Gasteiger partial charge in [-0.15, -0.1) is 0 Å². The molecule has 284 valence electrons. The van der Waals surface area contributed by atoms with Gasteiger partial charge in [0.25, 0.3) is 11.1 Å². The molecule has 53 heavy (non-hydrogen) atoms. The van der Waals surface area contributed by atoms with Gasteiger partial charge in [-0.3, -0.25) is 19.6 Å². The van der Waals surface area contributed by atoms with E-state index in [1.54, 1.807) is 75.5 Å². The largest absolute Gasteiger partial charge is 0.395 e. The summed E-state index contributed by atoms with van der Waals surface area (Å²) in [6, 6.07) is 12.5. The first-order valence-electron chi connectivity index (χ1n) is 16.4. The monoisotopic (exact) mass is 772 g/mol. The minimum absolute atomic E-state index is 0.0248. The number of nitrogens with two attached hydrogens (primary N) is 2. The molecule has 6 rings (SSSR count). The Balaban J connectivity index is 0.000000209. The van der Waals surface area contributed by atoms with Crippen LogP contribution in [-0.2, 0) is 13.9 Å². The molecule has 4 aromatic heterocycles. The lowest BCUT2D eigenvalue weighted by Gasteiger charge is -2.18. The Morgan fingerprint density at radius 2 is 1.15 bits per heavy atom. The van der Waals surface area contributed by atoms with Crippen molar-refractivity contribution in [2.45, 2.75) is 18.8 Å². The summed E-state index contributed by atoms with van der Waals surface area (Å²) in [6.07, 6.45) is 4.05. The maximum atomic E-state index is 14.4. The Hall–Kier alpha value is -4.88. The van der Waals surface area contributed by atoms with Crippen molar-refractivity contribution >= 4 is 48.2 Å². The number of nitrogen functional groups attached to an aromatic ring is 2. The summed E-state index contributed by atoms with van der Waals surface area (Å²) in [4.78, 5) is 42.5. The van der Waals surface area contributed by atoms with Crippen molar-refractivity contribution in [2.24, 2.45) is 0 Å². The third-order valence-electron chi connectivity index (χ3n) is 8.11. The Labute approximate surface area is 303 Å². The van der Waals surface area contributed by atoms with E-state index in [4.69, 9.17) is 16.2 Å². The molecule has 0 bridgehead atoms. The van der Waals surface area contributed by atoms with Gasteiger partial charge in [-0.2, -0.15) is 0 Å². The van der Waals surface area contributed by atoms with E-state index in [2.05, 4.69) is 29.9 Å². The predicted octanol–water partition coefficient (Wildman–Crippen LogP) is 5.43. The molecule has 9 N–H and O–H groups in total. The molecule has 14 nitrogen and oxygen atoms in total. The zero-order valence-electron chi connectivity index (χ0n) is 29.9. The average Bonchev–Trinajstić information content (AvgIpc) is 3.70. The fraction of sp³-hybridized carbons (Fsp3) is 0.314. The van der Waals surface area contributed by atoms with Gasteiger partial charge in [-0.1, -0.05) is 43.3 Å². The second-order valence-corrected chi connectivity index (χ2v) is 20.3. The second-order valence-electron chi connectivity index (χ2n) is 13.1. The highest BCUT2D eigenvalue weighted by Gasteiger charge is 2.25. The van der Waals surface area contributed by atoms with E-state index in [9.17, 15) is 32.6 Å². The number of anilines is 2. The SMILES string of the molecule is CCP(C)(C)=O.CP(C)(=O)COC[C@@H](c1ccccc1F)c1c[nH]c2c(=O)[nH]c(N)nc12.Nc1nc2c([C@@H](CO)c3ccccc3F)c[nH]c2c(=O)[nH]1. The van der Waals surface area contributed by atoms with Crippen LogP contribution >= 0.6 is 14.3 Å². The Morgan fingerprint density at radius 3 is 1.55 bits per heavy atom. The molecule has 0 amide bonds. The van der Waals surface area contributed by atoms with Gasteiger partial charge in [0.1, 0.15) is 40.8 Å². The molecule has 0 spiro atoms. The lowest BCUT2D eigenvalue weighted by Crippen LogP contribution is -2.14. The fourth-order valence-corrected chi connectivity index (χ4v) is 5.80. The smallest absolute Gasteiger partial charge is 0.276 e. The van der Waals surface area contributed by atoms with Gasteiger partial charge in [0.2, 0.25) is 11.9 Å². The molecule has 0 saturated carbocycles. The molecule has 0 unspecified atom stereocenters. The van der Waals surface area contributed by atoms with Gasteiger partial charge >= 0.3 is 0 Å². The van der Waals surface area contributed by atoms with Gasteiger partial charge in [-0.05, 0) is 56.1 Å². The number of nitrogens with one attached hydrogen (secondary N) is 4. The first-order valence-corrected chi connectivity index (χ1v) is 22.0. The van der Waals surface area contributed by atoms with Crippen molar-refractivity contribution in [1.82, 2.24) is 29.9 Å². The van der Waals surface area contributed by atoms with Crippen LogP contribution in [0.15, 0.2) is 70.5 Å². The molecule has 2 atom stereocenters. The Morgan fingerprint density at radius 1 is 0.736 bits per heavy atom. The van der Waals surface area contributed by atoms with Crippen LogP contribution in [0.25, 0.3) is 22.1 Å². The number of H-pyrrole nitrogens is 4. The van der Waals surface area contributed by atoms with Crippen molar-refractivity contribution in [3.05, 3.63) is 116 Å². The van der Waals surface area contributed by atoms with E-state index < -0.39 is 48.9 Å². The number of hydrogen-bond acceptors (Lipinski definition) is 10. The zero-order valence-corrected chi connectivity index (χ0v) is 31.7. The van der Waals surface area contributed by atoms with Crippen LogP contribution in [0.1, 0.15) is 41.0 Å². The highest BCUT2D eigenvalue weighted by atomic mass is 31.2. The normalized spacial score (nSPS) is 12.8. The van der Waals surface area contributed by atoms with Gasteiger partial charge in [0.15, 0.2) is 0 Å². The molecule has 0 fully saturated rings. The number of nitrogens with zero attached hydrogens (tertiary/aromatic N) is 2. The Kier molecular flexibility index (Phi) is 13.3. The maximum absolute atomic E-state index is 14.4.